The molecule has 21 heavy (non-hydrogen) atoms. The molecule has 2 heterocycles. The zero-order valence-corrected chi connectivity index (χ0v) is 14.2. The molecule has 1 aromatic heterocycles. The number of hydrogen-bond donors (Lipinski definition) is 1. The van der Waals surface area contributed by atoms with E-state index in [0.717, 1.165) is 28.8 Å². The van der Waals surface area contributed by atoms with Gasteiger partial charge in [0.05, 0.1) is 12.6 Å². The molecule has 2 N–H and O–H groups in total. The Bertz CT molecular complexity index is 671. The van der Waals surface area contributed by atoms with Crippen LogP contribution in [0.3, 0.4) is 0 Å². The SMILES string of the molecule is NC(c1cc2c(s1)CCCC2)c1cc(Br)cc2c1OCC2. The zero-order valence-electron chi connectivity index (χ0n) is 11.8. The predicted octanol–water partition coefficient (Wildman–Crippen LogP) is 4.37. The van der Waals surface area contributed by atoms with Gasteiger partial charge in [0.2, 0.25) is 0 Å². The van der Waals surface area contributed by atoms with Gasteiger partial charge in [-0.15, -0.1) is 11.3 Å². The molecule has 2 aliphatic rings. The monoisotopic (exact) mass is 363 g/mol. The highest BCUT2D eigenvalue weighted by Gasteiger charge is 2.24. The van der Waals surface area contributed by atoms with Crippen molar-refractivity contribution in [3.8, 4) is 5.75 Å². The topological polar surface area (TPSA) is 35.2 Å². The molecule has 0 fully saturated rings. The minimum Gasteiger partial charge on any atom is -0.493 e. The lowest BCUT2D eigenvalue weighted by Crippen LogP contribution is -2.11. The van der Waals surface area contributed by atoms with Crippen LogP contribution in [0.25, 0.3) is 0 Å². The predicted molar refractivity (Wildman–Crippen MR) is 90.3 cm³/mol. The number of aryl methyl sites for hydroxylation is 2. The molecule has 1 atom stereocenters. The van der Waals surface area contributed by atoms with E-state index < -0.39 is 0 Å². The van der Waals surface area contributed by atoms with Gasteiger partial charge in [0, 0.05) is 26.2 Å². The third-order valence-electron chi connectivity index (χ3n) is 4.43. The first-order valence-corrected chi connectivity index (χ1v) is 9.15. The van der Waals surface area contributed by atoms with Gasteiger partial charge in [0.1, 0.15) is 5.75 Å². The van der Waals surface area contributed by atoms with E-state index in [2.05, 4.69) is 34.1 Å². The maximum atomic E-state index is 6.58. The molecule has 0 saturated carbocycles. The van der Waals surface area contributed by atoms with Crippen LogP contribution in [0.1, 0.15) is 45.3 Å². The summed E-state index contributed by atoms with van der Waals surface area (Å²) in [6.07, 6.45) is 6.05. The average Bonchev–Trinajstić information content (AvgIpc) is 3.11. The van der Waals surface area contributed by atoms with E-state index in [9.17, 15) is 0 Å². The summed E-state index contributed by atoms with van der Waals surface area (Å²) in [5.74, 6) is 1.01. The lowest BCUT2D eigenvalue weighted by Gasteiger charge is -2.15. The Morgan fingerprint density at radius 2 is 1.95 bits per heavy atom. The van der Waals surface area contributed by atoms with Crippen molar-refractivity contribution in [2.75, 3.05) is 6.61 Å². The summed E-state index contributed by atoms with van der Waals surface area (Å²) in [5, 5.41) is 0. The van der Waals surface area contributed by atoms with Crippen LogP contribution in [-0.4, -0.2) is 6.61 Å². The zero-order chi connectivity index (χ0) is 14.4. The van der Waals surface area contributed by atoms with Gasteiger partial charge >= 0.3 is 0 Å². The highest BCUT2D eigenvalue weighted by Crippen LogP contribution is 2.41. The Balaban J connectivity index is 1.75. The number of hydrogen-bond acceptors (Lipinski definition) is 3. The summed E-state index contributed by atoms with van der Waals surface area (Å²) in [6, 6.07) is 6.52. The second kappa shape index (κ2) is 5.41. The van der Waals surface area contributed by atoms with Gasteiger partial charge in [-0.3, -0.25) is 0 Å². The molecule has 0 saturated heterocycles. The van der Waals surface area contributed by atoms with Gasteiger partial charge in [-0.2, -0.15) is 0 Å². The lowest BCUT2D eigenvalue weighted by molar-refractivity contribution is 0.352. The standard InChI is InChI=1S/C17H18BrNOS/c18-12-7-11-5-6-20-17(11)13(9-12)16(19)15-8-10-3-1-2-4-14(10)21-15/h7-9,16H,1-6,19H2. The average molecular weight is 364 g/mol. The smallest absolute Gasteiger partial charge is 0.127 e. The number of fused-ring (bicyclic) bond motifs is 2. The molecule has 0 radical (unpaired) electrons. The molecule has 110 valence electrons. The maximum Gasteiger partial charge on any atom is 0.127 e. The van der Waals surface area contributed by atoms with Crippen molar-refractivity contribution in [2.24, 2.45) is 5.73 Å². The fourth-order valence-electron chi connectivity index (χ4n) is 3.35. The van der Waals surface area contributed by atoms with E-state index in [1.807, 2.05) is 11.3 Å². The fourth-order valence-corrected chi connectivity index (χ4v) is 5.15. The van der Waals surface area contributed by atoms with Gasteiger partial charge in [0.15, 0.2) is 0 Å². The number of benzene rings is 1. The van der Waals surface area contributed by atoms with Crippen LogP contribution in [-0.2, 0) is 19.3 Å². The van der Waals surface area contributed by atoms with E-state index in [1.165, 1.54) is 41.7 Å². The Morgan fingerprint density at radius 3 is 2.81 bits per heavy atom. The van der Waals surface area contributed by atoms with E-state index in [0.29, 0.717) is 0 Å². The van der Waals surface area contributed by atoms with E-state index >= 15 is 0 Å². The number of nitrogens with two attached hydrogens (primary N) is 1. The first kappa shape index (κ1) is 13.8. The van der Waals surface area contributed by atoms with Crippen LogP contribution >= 0.6 is 27.3 Å². The molecule has 1 unspecified atom stereocenters. The van der Waals surface area contributed by atoms with Crippen LogP contribution in [0.5, 0.6) is 5.75 Å². The van der Waals surface area contributed by atoms with Crippen molar-refractivity contribution < 1.29 is 4.74 Å². The first-order chi connectivity index (χ1) is 10.2. The maximum absolute atomic E-state index is 6.58. The van der Waals surface area contributed by atoms with Gasteiger partial charge < -0.3 is 10.5 Å². The van der Waals surface area contributed by atoms with Gasteiger partial charge in [-0.25, -0.2) is 0 Å². The molecule has 1 aliphatic heterocycles. The quantitative estimate of drug-likeness (QED) is 0.859. The molecule has 0 bridgehead atoms. The molecule has 1 aromatic carbocycles. The summed E-state index contributed by atoms with van der Waals surface area (Å²) in [4.78, 5) is 2.82. The van der Waals surface area contributed by atoms with E-state index in [1.54, 1.807) is 4.88 Å². The molecule has 2 nitrogen and oxygen atoms in total. The summed E-state index contributed by atoms with van der Waals surface area (Å²) in [7, 11) is 0. The highest BCUT2D eigenvalue weighted by atomic mass is 79.9. The number of ether oxygens (including phenoxy) is 1. The van der Waals surface area contributed by atoms with Crippen LogP contribution in [0.15, 0.2) is 22.7 Å². The Hall–Kier alpha value is -0.840. The molecular formula is C17H18BrNOS. The summed E-state index contributed by atoms with van der Waals surface area (Å²) in [5.41, 5.74) is 10.5. The highest BCUT2D eigenvalue weighted by molar-refractivity contribution is 9.10. The Kier molecular flexibility index (Phi) is 3.56. The molecular weight excluding hydrogens is 346 g/mol. The van der Waals surface area contributed by atoms with Crippen LogP contribution < -0.4 is 10.5 Å². The van der Waals surface area contributed by atoms with Gasteiger partial charge in [-0.05, 0) is 55.0 Å². The van der Waals surface area contributed by atoms with E-state index in [4.69, 9.17) is 10.5 Å². The second-order valence-corrected chi connectivity index (χ2v) is 7.95. The summed E-state index contributed by atoms with van der Waals surface area (Å²) < 4.78 is 6.93. The molecule has 0 amide bonds. The van der Waals surface area contributed by atoms with Crippen molar-refractivity contribution in [1.82, 2.24) is 0 Å². The lowest BCUT2D eigenvalue weighted by atomic mass is 9.97. The largest absolute Gasteiger partial charge is 0.493 e. The van der Waals surface area contributed by atoms with Crippen molar-refractivity contribution in [1.29, 1.82) is 0 Å². The number of thiophene rings is 1. The van der Waals surface area contributed by atoms with E-state index in [-0.39, 0.29) is 6.04 Å². The van der Waals surface area contributed by atoms with Crippen molar-refractivity contribution in [3.63, 3.8) is 0 Å². The normalized spacial score (nSPS) is 18.0. The Labute approximate surface area is 137 Å². The first-order valence-electron chi connectivity index (χ1n) is 7.54. The summed E-state index contributed by atoms with van der Waals surface area (Å²) >= 11 is 5.50. The van der Waals surface area contributed by atoms with Crippen molar-refractivity contribution in [3.05, 3.63) is 49.1 Å². The minimum absolute atomic E-state index is 0.0788. The molecule has 0 spiro atoms. The third kappa shape index (κ3) is 2.43. The Morgan fingerprint density at radius 1 is 1.10 bits per heavy atom. The minimum atomic E-state index is -0.0788. The van der Waals surface area contributed by atoms with Crippen LogP contribution in [0.4, 0.5) is 0 Å². The second-order valence-electron chi connectivity index (χ2n) is 5.86. The van der Waals surface area contributed by atoms with Crippen molar-refractivity contribution in [2.45, 2.75) is 38.1 Å². The van der Waals surface area contributed by atoms with Crippen LogP contribution in [0, 0.1) is 0 Å². The molecule has 4 rings (SSSR count). The number of halogens is 1. The fraction of sp³-hybridized carbons (Fsp3) is 0.412. The summed E-state index contributed by atoms with van der Waals surface area (Å²) in [6.45, 7) is 0.770. The molecule has 2 aromatic rings. The van der Waals surface area contributed by atoms with Crippen molar-refractivity contribution >= 4 is 27.3 Å². The van der Waals surface area contributed by atoms with Gasteiger partial charge in [0.25, 0.3) is 0 Å². The molecule has 4 heteroatoms. The third-order valence-corrected chi connectivity index (χ3v) is 6.21. The van der Waals surface area contributed by atoms with Crippen LogP contribution in [0.2, 0.25) is 0 Å². The molecule has 1 aliphatic carbocycles. The van der Waals surface area contributed by atoms with Gasteiger partial charge in [-0.1, -0.05) is 15.9 Å². The number of rotatable bonds is 2.